The molecule has 1 aromatic rings. The Bertz CT molecular complexity index is 464. The van der Waals surface area contributed by atoms with Gasteiger partial charge in [0.05, 0.1) is 0 Å². The molecule has 2 atom stereocenters. The molecule has 1 fully saturated rings. The van der Waals surface area contributed by atoms with E-state index in [1.165, 1.54) is 0 Å². The second kappa shape index (κ2) is 5.16. The van der Waals surface area contributed by atoms with Crippen molar-refractivity contribution in [3.05, 3.63) is 28.8 Å². The van der Waals surface area contributed by atoms with E-state index in [2.05, 4.69) is 5.32 Å². The number of benzene rings is 1. The number of nitrogens with one attached hydrogen (secondary N) is 1. The summed E-state index contributed by atoms with van der Waals surface area (Å²) in [6, 6.07) is 5.52. The number of hydrogen-bond donors (Lipinski definition) is 2. The van der Waals surface area contributed by atoms with E-state index >= 15 is 0 Å². The van der Waals surface area contributed by atoms with Crippen molar-refractivity contribution in [2.24, 2.45) is 5.73 Å². The van der Waals surface area contributed by atoms with Crippen molar-refractivity contribution in [3.8, 4) is 0 Å². The van der Waals surface area contributed by atoms with Crippen molar-refractivity contribution < 1.29 is 4.79 Å². The minimum absolute atomic E-state index is 0.0179. The van der Waals surface area contributed by atoms with Crippen molar-refractivity contribution >= 4 is 23.2 Å². The first kappa shape index (κ1) is 13.2. The Morgan fingerprint density at radius 1 is 1.56 bits per heavy atom. The van der Waals surface area contributed by atoms with Crippen molar-refractivity contribution in [2.75, 3.05) is 18.0 Å². The molecule has 3 N–H and O–H groups in total. The van der Waals surface area contributed by atoms with Crippen LogP contribution in [0.25, 0.3) is 0 Å². The number of carbonyl (C=O) groups is 1. The number of halogens is 1. The van der Waals surface area contributed by atoms with E-state index in [9.17, 15) is 4.79 Å². The maximum absolute atomic E-state index is 11.9. The Balaban J connectivity index is 2.40. The van der Waals surface area contributed by atoms with E-state index < -0.39 is 0 Å². The molecule has 1 aromatic carbocycles. The summed E-state index contributed by atoms with van der Waals surface area (Å²) in [6.07, 6.45) is 0. The monoisotopic (exact) mass is 267 g/mol. The second-order valence-electron chi connectivity index (χ2n) is 4.70. The standard InChI is InChI=1S/C13H18ClN3O/c1-8-7-17(12(6-15)13(18)16-8)11-5-3-4-10(14)9(11)2/h3-5,8,12H,6-7,15H2,1-2H3,(H,16,18). The van der Waals surface area contributed by atoms with Gasteiger partial charge in [-0.15, -0.1) is 0 Å². The molecule has 1 aliphatic rings. The molecule has 18 heavy (non-hydrogen) atoms. The summed E-state index contributed by atoms with van der Waals surface area (Å²) >= 11 is 6.14. The van der Waals surface area contributed by atoms with Crippen LogP contribution < -0.4 is 16.0 Å². The number of anilines is 1. The van der Waals surface area contributed by atoms with Crippen molar-refractivity contribution in [2.45, 2.75) is 25.9 Å². The zero-order valence-corrected chi connectivity index (χ0v) is 11.4. The third kappa shape index (κ3) is 2.31. The molecule has 1 saturated heterocycles. The molecule has 1 amide bonds. The molecule has 2 rings (SSSR count). The summed E-state index contributed by atoms with van der Waals surface area (Å²) < 4.78 is 0. The lowest BCUT2D eigenvalue weighted by molar-refractivity contribution is -0.123. The molecule has 1 heterocycles. The first-order valence-electron chi connectivity index (χ1n) is 6.06. The minimum Gasteiger partial charge on any atom is -0.356 e. The molecule has 98 valence electrons. The largest absolute Gasteiger partial charge is 0.356 e. The predicted molar refractivity (Wildman–Crippen MR) is 74.0 cm³/mol. The number of rotatable bonds is 2. The smallest absolute Gasteiger partial charge is 0.244 e. The van der Waals surface area contributed by atoms with Gasteiger partial charge in [0.15, 0.2) is 0 Å². The average molecular weight is 268 g/mol. The van der Waals surface area contributed by atoms with Gasteiger partial charge in [-0.25, -0.2) is 0 Å². The Labute approximate surface area is 112 Å². The van der Waals surface area contributed by atoms with Crippen LogP contribution in [0.4, 0.5) is 5.69 Å². The quantitative estimate of drug-likeness (QED) is 0.849. The topological polar surface area (TPSA) is 58.4 Å². The molecule has 2 unspecified atom stereocenters. The van der Waals surface area contributed by atoms with Gasteiger partial charge < -0.3 is 16.0 Å². The second-order valence-corrected chi connectivity index (χ2v) is 5.10. The Morgan fingerprint density at radius 2 is 2.28 bits per heavy atom. The van der Waals surface area contributed by atoms with Gasteiger partial charge in [-0.05, 0) is 31.5 Å². The van der Waals surface area contributed by atoms with Crippen LogP contribution in [0.2, 0.25) is 5.02 Å². The molecule has 0 saturated carbocycles. The van der Waals surface area contributed by atoms with Crippen molar-refractivity contribution in [3.63, 3.8) is 0 Å². The van der Waals surface area contributed by atoms with Gasteiger partial charge in [-0.2, -0.15) is 0 Å². The Hall–Kier alpha value is -1.26. The minimum atomic E-state index is -0.321. The number of nitrogens with zero attached hydrogens (tertiary/aromatic N) is 1. The van der Waals surface area contributed by atoms with Gasteiger partial charge in [-0.1, -0.05) is 17.7 Å². The van der Waals surface area contributed by atoms with Crippen LogP contribution in [0.1, 0.15) is 12.5 Å². The first-order chi connectivity index (χ1) is 8.54. The molecular formula is C13H18ClN3O. The van der Waals surface area contributed by atoms with Gasteiger partial charge in [-0.3, -0.25) is 4.79 Å². The maximum atomic E-state index is 11.9. The zero-order valence-electron chi connectivity index (χ0n) is 10.6. The highest BCUT2D eigenvalue weighted by Crippen LogP contribution is 2.29. The van der Waals surface area contributed by atoms with E-state index in [0.29, 0.717) is 11.6 Å². The van der Waals surface area contributed by atoms with Crippen molar-refractivity contribution in [1.82, 2.24) is 5.32 Å². The Kier molecular flexibility index (Phi) is 3.78. The van der Waals surface area contributed by atoms with E-state index in [4.69, 9.17) is 17.3 Å². The van der Waals surface area contributed by atoms with E-state index in [-0.39, 0.29) is 18.0 Å². The fraction of sp³-hybridized carbons (Fsp3) is 0.462. The highest BCUT2D eigenvalue weighted by atomic mass is 35.5. The van der Waals surface area contributed by atoms with Crippen molar-refractivity contribution in [1.29, 1.82) is 0 Å². The molecule has 5 heteroatoms. The normalized spacial score (nSPS) is 24.0. The molecule has 0 aromatic heterocycles. The van der Waals surface area contributed by atoms with Gasteiger partial charge in [0.25, 0.3) is 0 Å². The summed E-state index contributed by atoms with van der Waals surface area (Å²) in [4.78, 5) is 14.0. The SMILES string of the molecule is Cc1c(Cl)cccc1N1CC(C)NC(=O)C1CN. The summed E-state index contributed by atoms with van der Waals surface area (Å²) in [7, 11) is 0. The lowest BCUT2D eigenvalue weighted by atomic mass is 10.1. The average Bonchev–Trinajstić information content (AvgIpc) is 2.32. The summed E-state index contributed by atoms with van der Waals surface area (Å²) in [5.74, 6) is -0.0179. The third-order valence-corrected chi connectivity index (χ3v) is 3.72. The van der Waals surface area contributed by atoms with Crippen LogP contribution in [0.15, 0.2) is 18.2 Å². The van der Waals surface area contributed by atoms with Crippen LogP contribution in [-0.2, 0) is 4.79 Å². The molecule has 0 radical (unpaired) electrons. The molecule has 1 aliphatic heterocycles. The van der Waals surface area contributed by atoms with Gasteiger partial charge in [0.2, 0.25) is 5.91 Å². The Morgan fingerprint density at radius 3 is 2.94 bits per heavy atom. The molecular weight excluding hydrogens is 250 g/mol. The predicted octanol–water partition coefficient (Wildman–Crippen LogP) is 1.30. The molecule has 4 nitrogen and oxygen atoms in total. The number of hydrogen-bond acceptors (Lipinski definition) is 3. The fourth-order valence-electron chi connectivity index (χ4n) is 2.36. The third-order valence-electron chi connectivity index (χ3n) is 3.31. The van der Waals surface area contributed by atoms with Crippen LogP contribution >= 0.6 is 11.6 Å². The van der Waals surface area contributed by atoms with Crippen LogP contribution in [-0.4, -0.2) is 31.1 Å². The highest BCUT2D eigenvalue weighted by Gasteiger charge is 2.32. The highest BCUT2D eigenvalue weighted by molar-refractivity contribution is 6.31. The van der Waals surface area contributed by atoms with Crippen LogP contribution in [0, 0.1) is 6.92 Å². The number of amides is 1. The van der Waals surface area contributed by atoms with Gasteiger partial charge in [0.1, 0.15) is 6.04 Å². The molecule has 0 spiro atoms. The van der Waals surface area contributed by atoms with Crippen LogP contribution in [0.3, 0.4) is 0 Å². The van der Waals surface area contributed by atoms with Gasteiger partial charge in [0, 0.05) is 29.8 Å². The summed E-state index contributed by atoms with van der Waals surface area (Å²) in [6.45, 7) is 4.99. The van der Waals surface area contributed by atoms with Crippen LogP contribution in [0.5, 0.6) is 0 Å². The van der Waals surface area contributed by atoms with E-state index in [0.717, 1.165) is 17.8 Å². The molecule has 0 bridgehead atoms. The van der Waals surface area contributed by atoms with E-state index in [1.54, 1.807) is 0 Å². The number of piperazine rings is 1. The lowest BCUT2D eigenvalue weighted by Gasteiger charge is -2.40. The summed E-state index contributed by atoms with van der Waals surface area (Å²) in [5, 5.41) is 3.63. The lowest BCUT2D eigenvalue weighted by Crippen LogP contribution is -2.61. The number of carbonyl (C=O) groups excluding carboxylic acids is 1. The van der Waals surface area contributed by atoms with E-state index in [1.807, 2.05) is 36.9 Å². The maximum Gasteiger partial charge on any atom is 0.244 e. The first-order valence-corrected chi connectivity index (χ1v) is 6.44. The summed E-state index contributed by atoms with van der Waals surface area (Å²) in [5.41, 5.74) is 7.69. The number of nitrogens with two attached hydrogens (primary N) is 1. The van der Waals surface area contributed by atoms with Gasteiger partial charge >= 0.3 is 0 Å². The molecule has 0 aliphatic carbocycles. The zero-order chi connectivity index (χ0) is 13.3. The fourth-order valence-corrected chi connectivity index (χ4v) is 2.53.